The fraction of sp³-hybridized carbons (Fsp3) is 0.615. The summed E-state index contributed by atoms with van der Waals surface area (Å²) >= 11 is 0. The van der Waals surface area contributed by atoms with Crippen LogP contribution in [0.15, 0.2) is 18.6 Å². The number of hydrogen-bond donors (Lipinski definition) is 1. The van der Waals surface area contributed by atoms with Gasteiger partial charge < -0.3 is 5.32 Å². The van der Waals surface area contributed by atoms with Crippen LogP contribution >= 0.6 is 0 Å². The zero-order valence-electron chi connectivity index (χ0n) is 11.2. The predicted molar refractivity (Wildman–Crippen MR) is 70.2 cm³/mol. The first-order valence-corrected chi connectivity index (χ1v) is 6.28. The average molecular weight is 248 g/mol. The van der Waals surface area contributed by atoms with E-state index in [1.165, 1.54) is 0 Å². The van der Waals surface area contributed by atoms with Crippen LogP contribution in [0.25, 0.3) is 0 Å². The molecule has 1 aliphatic rings. The van der Waals surface area contributed by atoms with E-state index in [0.29, 0.717) is 12.4 Å². The van der Waals surface area contributed by atoms with E-state index in [-0.39, 0.29) is 17.4 Å². The van der Waals surface area contributed by atoms with Gasteiger partial charge in [-0.25, -0.2) is 4.98 Å². The van der Waals surface area contributed by atoms with Crippen LogP contribution in [0.3, 0.4) is 0 Å². The molecule has 18 heavy (non-hydrogen) atoms. The fourth-order valence-corrected chi connectivity index (χ4v) is 2.32. The topological polar surface area (TPSA) is 58.1 Å². The summed E-state index contributed by atoms with van der Waals surface area (Å²) in [6, 6.07) is -0.131. The highest BCUT2D eigenvalue weighted by Gasteiger charge is 2.35. The quantitative estimate of drug-likeness (QED) is 0.855. The third kappa shape index (κ3) is 2.67. The summed E-state index contributed by atoms with van der Waals surface area (Å²) < 4.78 is 0. The molecule has 1 amide bonds. The van der Waals surface area contributed by atoms with Gasteiger partial charge in [-0.2, -0.15) is 0 Å². The molecule has 98 valence electrons. The van der Waals surface area contributed by atoms with E-state index in [0.717, 1.165) is 12.8 Å². The number of carbonyl (C=O) groups is 1. The third-order valence-corrected chi connectivity index (χ3v) is 3.43. The Labute approximate surface area is 108 Å². The second-order valence-corrected chi connectivity index (χ2v) is 5.53. The van der Waals surface area contributed by atoms with Crippen molar-refractivity contribution in [3.05, 3.63) is 18.6 Å². The van der Waals surface area contributed by atoms with E-state index in [1.807, 2.05) is 7.05 Å². The maximum Gasteiger partial charge on any atom is 0.245 e. The molecule has 0 aromatic carbocycles. The number of carbonyl (C=O) groups excluding carboxylic acids is 1. The zero-order valence-corrected chi connectivity index (χ0v) is 11.2. The maximum atomic E-state index is 12.5. The van der Waals surface area contributed by atoms with Crippen molar-refractivity contribution in [1.82, 2.24) is 15.3 Å². The fourth-order valence-electron chi connectivity index (χ4n) is 2.32. The van der Waals surface area contributed by atoms with E-state index in [4.69, 9.17) is 0 Å². The van der Waals surface area contributed by atoms with Crippen molar-refractivity contribution in [1.29, 1.82) is 0 Å². The molecule has 5 heteroatoms. The molecule has 0 saturated carbocycles. The molecule has 5 nitrogen and oxygen atoms in total. The summed E-state index contributed by atoms with van der Waals surface area (Å²) in [6.45, 7) is 5.05. The smallest absolute Gasteiger partial charge is 0.245 e. The van der Waals surface area contributed by atoms with Gasteiger partial charge in [0.1, 0.15) is 0 Å². The van der Waals surface area contributed by atoms with Crippen molar-refractivity contribution in [2.75, 3.05) is 18.5 Å². The number of nitrogens with one attached hydrogen (secondary N) is 1. The van der Waals surface area contributed by atoms with Gasteiger partial charge in [0.2, 0.25) is 5.91 Å². The number of nitrogens with zero attached hydrogens (tertiary/aromatic N) is 3. The van der Waals surface area contributed by atoms with Crippen molar-refractivity contribution >= 4 is 11.7 Å². The molecule has 0 bridgehead atoms. The lowest BCUT2D eigenvalue weighted by atomic mass is 9.87. The first kappa shape index (κ1) is 13.0. The minimum Gasteiger partial charge on any atom is -0.309 e. The van der Waals surface area contributed by atoms with E-state index in [9.17, 15) is 4.79 Å². The van der Waals surface area contributed by atoms with Gasteiger partial charge in [0.05, 0.1) is 12.2 Å². The molecule has 2 rings (SSSR count). The van der Waals surface area contributed by atoms with E-state index >= 15 is 0 Å². The van der Waals surface area contributed by atoms with Gasteiger partial charge in [0.15, 0.2) is 5.82 Å². The van der Waals surface area contributed by atoms with Crippen molar-refractivity contribution in [2.24, 2.45) is 5.41 Å². The van der Waals surface area contributed by atoms with Gasteiger partial charge in [0, 0.05) is 18.9 Å². The lowest BCUT2D eigenvalue weighted by molar-refractivity contribution is -0.120. The number of amides is 1. The largest absolute Gasteiger partial charge is 0.309 e. The summed E-state index contributed by atoms with van der Waals surface area (Å²) in [5.74, 6) is 0.723. The predicted octanol–water partition coefficient (Wildman–Crippen LogP) is 1.22. The van der Waals surface area contributed by atoms with Gasteiger partial charge in [-0.15, -0.1) is 0 Å². The Morgan fingerprint density at radius 1 is 1.44 bits per heavy atom. The van der Waals surface area contributed by atoms with Crippen LogP contribution in [-0.4, -0.2) is 35.5 Å². The van der Waals surface area contributed by atoms with E-state index in [1.54, 1.807) is 23.5 Å². The SMILES string of the molecule is CNC1CCC(C)(C)CN(c2cnccn2)C1=O. The van der Waals surface area contributed by atoms with Crippen LogP contribution in [0.4, 0.5) is 5.82 Å². The van der Waals surface area contributed by atoms with Gasteiger partial charge in [-0.1, -0.05) is 13.8 Å². The summed E-state index contributed by atoms with van der Waals surface area (Å²) in [6.07, 6.45) is 6.76. The van der Waals surface area contributed by atoms with Crippen molar-refractivity contribution in [3.8, 4) is 0 Å². The maximum absolute atomic E-state index is 12.5. The normalized spacial score (nSPS) is 23.8. The molecule has 1 fully saturated rings. The molecule has 2 heterocycles. The van der Waals surface area contributed by atoms with Crippen molar-refractivity contribution in [3.63, 3.8) is 0 Å². The average Bonchev–Trinajstić information content (AvgIpc) is 2.48. The Kier molecular flexibility index (Phi) is 3.61. The molecule has 1 aliphatic heterocycles. The number of rotatable bonds is 2. The summed E-state index contributed by atoms with van der Waals surface area (Å²) in [5.41, 5.74) is 0.0960. The Hall–Kier alpha value is -1.49. The molecular formula is C13H20N4O. The van der Waals surface area contributed by atoms with Gasteiger partial charge in [-0.05, 0) is 25.3 Å². The highest BCUT2D eigenvalue weighted by molar-refractivity contribution is 5.96. The molecule has 1 aromatic rings. The summed E-state index contributed by atoms with van der Waals surface area (Å²) in [5, 5.41) is 3.09. The Bertz CT molecular complexity index is 418. The lowest BCUT2D eigenvalue weighted by Crippen LogP contribution is -2.45. The standard InChI is InChI=1S/C13H20N4O/c1-13(2)5-4-10(14-3)12(18)17(9-13)11-8-15-6-7-16-11/h6-8,10,14H,4-5,9H2,1-3H3. The van der Waals surface area contributed by atoms with Gasteiger partial charge in [0.25, 0.3) is 0 Å². The molecule has 1 saturated heterocycles. The molecule has 1 N–H and O–H groups in total. The van der Waals surface area contributed by atoms with Crippen LogP contribution in [0, 0.1) is 5.41 Å². The third-order valence-electron chi connectivity index (χ3n) is 3.43. The number of likely N-dealkylation sites (N-methyl/N-ethyl adjacent to an activating group) is 1. The monoisotopic (exact) mass is 248 g/mol. The van der Waals surface area contributed by atoms with Crippen molar-refractivity contribution < 1.29 is 4.79 Å². The van der Waals surface area contributed by atoms with Crippen LogP contribution < -0.4 is 10.2 Å². The number of anilines is 1. The first-order chi connectivity index (χ1) is 8.53. The van der Waals surface area contributed by atoms with Crippen LogP contribution in [-0.2, 0) is 4.79 Å². The minimum absolute atomic E-state index is 0.0866. The second-order valence-electron chi connectivity index (χ2n) is 5.53. The second kappa shape index (κ2) is 5.02. The van der Waals surface area contributed by atoms with Gasteiger partial charge in [-0.3, -0.25) is 14.7 Å². The van der Waals surface area contributed by atoms with Crippen LogP contribution in [0.1, 0.15) is 26.7 Å². The Balaban J connectivity index is 2.32. The van der Waals surface area contributed by atoms with Crippen molar-refractivity contribution in [2.45, 2.75) is 32.7 Å². The molecule has 0 aliphatic carbocycles. The minimum atomic E-state index is -0.131. The Morgan fingerprint density at radius 3 is 2.83 bits per heavy atom. The highest BCUT2D eigenvalue weighted by atomic mass is 16.2. The Morgan fingerprint density at radius 2 is 2.22 bits per heavy atom. The molecule has 1 atom stereocenters. The van der Waals surface area contributed by atoms with Crippen LogP contribution in [0.5, 0.6) is 0 Å². The molecule has 0 radical (unpaired) electrons. The lowest BCUT2D eigenvalue weighted by Gasteiger charge is -2.28. The zero-order chi connectivity index (χ0) is 13.2. The molecule has 1 unspecified atom stereocenters. The molecule has 0 spiro atoms. The summed E-state index contributed by atoms with van der Waals surface area (Å²) in [4.78, 5) is 22.5. The number of hydrogen-bond acceptors (Lipinski definition) is 4. The molecular weight excluding hydrogens is 228 g/mol. The van der Waals surface area contributed by atoms with Crippen LogP contribution in [0.2, 0.25) is 0 Å². The molecule has 1 aromatic heterocycles. The van der Waals surface area contributed by atoms with E-state index in [2.05, 4.69) is 29.1 Å². The summed E-state index contributed by atoms with van der Waals surface area (Å²) in [7, 11) is 1.83. The van der Waals surface area contributed by atoms with Gasteiger partial charge >= 0.3 is 0 Å². The highest BCUT2D eigenvalue weighted by Crippen LogP contribution is 2.30. The first-order valence-electron chi connectivity index (χ1n) is 6.28. The van der Waals surface area contributed by atoms with E-state index < -0.39 is 0 Å². The number of aromatic nitrogens is 2.